The van der Waals surface area contributed by atoms with E-state index in [9.17, 15) is 0 Å². The summed E-state index contributed by atoms with van der Waals surface area (Å²) < 4.78 is 12.8. The van der Waals surface area contributed by atoms with E-state index in [1.165, 1.54) is 0 Å². The Morgan fingerprint density at radius 3 is 2.67 bits per heavy atom. The Hall–Kier alpha value is -1.85. The van der Waals surface area contributed by atoms with Gasteiger partial charge in [-0.05, 0) is 26.1 Å². The lowest BCUT2D eigenvalue weighted by Crippen LogP contribution is -2.21. The van der Waals surface area contributed by atoms with Gasteiger partial charge in [-0.1, -0.05) is 18.2 Å². The molecule has 0 fully saturated rings. The third-order valence-electron chi connectivity index (χ3n) is 3.40. The van der Waals surface area contributed by atoms with Crippen LogP contribution in [-0.2, 0) is 11.8 Å². The molecule has 1 atom stereocenters. The molecule has 5 nitrogen and oxygen atoms in total. The summed E-state index contributed by atoms with van der Waals surface area (Å²) in [4.78, 5) is 0. The molecule has 0 radical (unpaired) electrons. The minimum Gasteiger partial charge on any atom is -0.491 e. The quantitative estimate of drug-likeness (QED) is 0.793. The summed E-state index contributed by atoms with van der Waals surface area (Å²) in [5, 5.41) is 7.77. The number of methoxy groups -OCH3 is 1. The Kier molecular flexibility index (Phi) is 5.36. The average molecular weight is 289 g/mol. The fourth-order valence-electron chi connectivity index (χ4n) is 2.45. The molecule has 1 aromatic heterocycles. The molecule has 1 unspecified atom stereocenters. The first-order valence-electron chi connectivity index (χ1n) is 7.05. The van der Waals surface area contributed by atoms with Gasteiger partial charge in [0.15, 0.2) is 0 Å². The lowest BCUT2D eigenvalue weighted by Gasteiger charge is -2.20. The summed E-state index contributed by atoms with van der Waals surface area (Å²) in [7, 11) is 5.57. The molecule has 0 aliphatic heterocycles. The van der Waals surface area contributed by atoms with Gasteiger partial charge in [0.1, 0.15) is 12.4 Å². The smallest absolute Gasteiger partial charge is 0.124 e. The van der Waals surface area contributed by atoms with Crippen LogP contribution >= 0.6 is 0 Å². The predicted octanol–water partition coefficient (Wildman–Crippen LogP) is 2.06. The van der Waals surface area contributed by atoms with Gasteiger partial charge in [-0.25, -0.2) is 0 Å². The van der Waals surface area contributed by atoms with Gasteiger partial charge in [-0.2, -0.15) is 5.10 Å². The van der Waals surface area contributed by atoms with E-state index in [1.807, 2.05) is 43.9 Å². The lowest BCUT2D eigenvalue weighted by atomic mass is 10.0. The van der Waals surface area contributed by atoms with Crippen molar-refractivity contribution >= 4 is 0 Å². The van der Waals surface area contributed by atoms with Crippen LogP contribution in [0.25, 0.3) is 0 Å². The molecule has 114 valence electrons. The van der Waals surface area contributed by atoms with E-state index < -0.39 is 0 Å². The summed E-state index contributed by atoms with van der Waals surface area (Å²) in [6.45, 7) is 3.11. The van der Waals surface area contributed by atoms with Crippen LogP contribution in [0.4, 0.5) is 0 Å². The van der Waals surface area contributed by atoms with Crippen LogP contribution in [0.3, 0.4) is 0 Å². The molecular formula is C16H23N3O2. The third-order valence-corrected chi connectivity index (χ3v) is 3.40. The minimum absolute atomic E-state index is 0.0370. The molecule has 1 heterocycles. The fraction of sp³-hybridized carbons (Fsp3) is 0.438. The largest absolute Gasteiger partial charge is 0.491 e. The number of nitrogens with zero attached hydrogens (tertiary/aromatic N) is 2. The summed E-state index contributed by atoms with van der Waals surface area (Å²) in [5.74, 6) is 0.868. The van der Waals surface area contributed by atoms with E-state index in [2.05, 4.69) is 22.5 Å². The topological polar surface area (TPSA) is 48.3 Å². The molecule has 0 bridgehead atoms. The van der Waals surface area contributed by atoms with Crippen molar-refractivity contribution in [3.63, 3.8) is 0 Å². The SMILES string of the molecule is CNC(c1ccccc1OCCOC)c1cc(C)nn1C. The van der Waals surface area contributed by atoms with E-state index in [0.717, 1.165) is 22.7 Å². The molecule has 0 aliphatic carbocycles. The molecule has 21 heavy (non-hydrogen) atoms. The second-order valence-corrected chi connectivity index (χ2v) is 4.93. The van der Waals surface area contributed by atoms with Gasteiger partial charge in [-0.15, -0.1) is 0 Å². The Morgan fingerprint density at radius 2 is 2.05 bits per heavy atom. The van der Waals surface area contributed by atoms with Crippen LogP contribution in [0.15, 0.2) is 30.3 Å². The highest BCUT2D eigenvalue weighted by molar-refractivity contribution is 5.40. The lowest BCUT2D eigenvalue weighted by molar-refractivity contribution is 0.145. The zero-order valence-corrected chi connectivity index (χ0v) is 13.1. The number of nitrogens with one attached hydrogen (secondary N) is 1. The number of hydrogen-bond acceptors (Lipinski definition) is 4. The van der Waals surface area contributed by atoms with Gasteiger partial charge in [0.05, 0.1) is 24.0 Å². The van der Waals surface area contributed by atoms with Crippen LogP contribution in [-0.4, -0.2) is 37.2 Å². The highest BCUT2D eigenvalue weighted by Gasteiger charge is 2.20. The molecular weight excluding hydrogens is 266 g/mol. The van der Waals surface area contributed by atoms with Crippen LogP contribution in [0.2, 0.25) is 0 Å². The summed E-state index contributed by atoms with van der Waals surface area (Å²) in [6.07, 6.45) is 0. The molecule has 0 amide bonds. The Balaban J connectivity index is 2.31. The Bertz CT molecular complexity index is 581. The van der Waals surface area contributed by atoms with E-state index in [4.69, 9.17) is 9.47 Å². The first kappa shape index (κ1) is 15.5. The van der Waals surface area contributed by atoms with Gasteiger partial charge in [0.2, 0.25) is 0 Å². The number of ether oxygens (including phenoxy) is 2. The fourth-order valence-corrected chi connectivity index (χ4v) is 2.45. The highest BCUT2D eigenvalue weighted by atomic mass is 16.5. The Morgan fingerprint density at radius 1 is 1.29 bits per heavy atom. The predicted molar refractivity (Wildman–Crippen MR) is 82.7 cm³/mol. The van der Waals surface area contributed by atoms with Crippen molar-refractivity contribution in [2.24, 2.45) is 7.05 Å². The zero-order chi connectivity index (χ0) is 15.2. The number of aromatic nitrogens is 2. The molecule has 2 aromatic rings. The van der Waals surface area contributed by atoms with E-state index in [-0.39, 0.29) is 6.04 Å². The van der Waals surface area contributed by atoms with E-state index in [1.54, 1.807) is 7.11 Å². The van der Waals surface area contributed by atoms with Crippen LogP contribution < -0.4 is 10.1 Å². The Labute approximate surface area is 125 Å². The normalized spacial score (nSPS) is 12.4. The van der Waals surface area contributed by atoms with Crippen molar-refractivity contribution in [3.8, 4) is 5.75 Å². The molecule has 2 rings (SSSR count). The van der Waals surface area contributed by atoms with Gasteiger partial charge in [0, 0.05) is 19.7 Å². The van der Waals surface area contributed by atoms with Crippen molar-refractivity contribution in [3.05, 3.63) is 47.3 Å². The van der Waals surface area contributed by atoms with E-state index in [0.29, 0.717) is 13.2 Å². The number of aryl methyl sites for hydroxylation is 2. The zero-order valence-electron chi connectivity index (χ0n) is 13.1. The van der Waals surface area contributed by atoms with Crippen molar-refractivity contribution < 1.29 is 9.47 Å². The van der Waals surface area contributed by atoms with Crippen LogP contribution in [0.5, 0.6) is 5.75 Å². The third kappa shape index (κ3) is 3.62. The van der Waals surface area contributed by atoms with Gasteiger partial charge >= 0.3 is 0 Å². The second kappa shape index (κ2) is 7.24. The standard InChI is InChI=1S/C16H23N3O2/c1-12-11-14(19(3)18-12)16(17-2)13-7-5-6-8-15(13)21-10-9-20-4/h5-8,11,16-17H,9-10H2,1-4H3. The van der Waals surface area contributed by atoms with Gasteiger partial charge in [0.25, 0.3) is 0 Å². The minimum atomic E-state index is 0.0370. The first-order valence-corrected chi connectivity index (χ1v) is 7.05. The van der Waals surface area contributed by atoms with Crippen molar-refractivity contribution in [2.75, 3.05) is 27.4 Å². The molecule has 1 aromatic carbocycles. The summed E-state index contributed by atoms with van der Waals surface area (Å²) in [6, 6.07) is 10.2. The maximum Gasteiger partial charge on any atom is 0.124 e. The van der Waals surface area contributed by atoms with Gasteiger partial charge < -0.3 is 14.8 Å². The monoisotopic (exact) mass is 289 g/mol. The van der Waals surface area contributed by atoms with Crippen LogP contribution in [0, 0.1) is 6.92 Å². The summed E-state index contributed by atoms with van der Waals surface area (Å²) in [5.41, 5.74) is 3.21. The number of para-hydroxylation sites is 1. The first-order chi connectivity index (χ1) is 10.2. The molecule has 0 saturated carbocycles. The molecule has 0 spiro atoms. The number of hydrogen-bond donors (Lipinski definition) is 1. The molecule has 1 N–H and O–H groups in total. The van der Waals surface area contributed by atoms with Gasteiger partial charge in [-0.3, -0.25) is 4.68 Å². The maximum absolute atomic E-state index is 5.83. The van der Waals surface area contributed by atoms with Crippen molar-refractivity contribution in [2.45, 2.75) is 13.0 Å². The van der Waals surface area contributed by atoms with Crippen LogP contribution in [0.1, 0.15) is 23.0 Å². The molecule has 0 aliphatic rings. The number of rotatable bonds is 7. The maximum atomic E-state index is 5.83. The number of benzene rings is 1. The van der Waals surface area contributed by atoms with Crippen molar-refractivity contribution in [1.82, 2.24) is 15.1 Å². The molecule has 5 heteroatoms. The molecule has 0 saturated heterocycles. The average Bonchev–Trinajstić information content (AvgIpc) is 2.80. The van der Waals surface area contributed by atoms with Crippen molar-refractivity contribution in [1.29, 1.82) is 0 Å². The second-order valence-electron chi connectivity index (χ2n) is 4.93. The summed E-state index contributed by atoms with van der Waals surface area (Å²) >= 11 is 0. The van der Waals surface area contributed by atoms with E-state index >= 15 is 0 Å². The highest BCUT2D eigenvalue weighted by Crippen LogP contribution is 2.29.